The van der Waals surface area contributed by atoms with Gasteiger partial charge in [-0.05, 0) is 42.3 Å². The standard InChI is InChI=1S/C31H28N4O9S/c1-15-3-5-17(6-4-15)22-12-11-21(26(38)32-22)27(39)33-23(18-7-9-20(37)10-8-18)28(40)34-24-29(41)35-25(31(42)43)19(13-44-16(2)36)14-45-30(24)35/h3-12,23-24,30,37H,13-14H2,1-2H3,(H,32,38)(H,33,39)(H,34,40)(H,42,43)/t23-,24?,30-/m1/s1. The van der Waals surface area contributed by atoms with Crippen molar-refractivity contribution in [3.63, 3.8) is 0 Å². The van der Waals surface area contributed by atoms with Crippen molar-refractivity contribution in [2.24, 2.45) is 0 Å². The molecule has 3 amide bonds. The number of pyridine rings is 1. The van der Waals surface area contributed by atoms with Crippen LogP contribution in [0.1, 0.15) is 34.5 Å². The fourth-order valence-corrected chi connectivity index (χ4v) is 6.28. The molecule has 232 valence electrons. The van der Waals surface area contributed by atoms with Crippen LogP contribution in [0.4, 0.5) is 0 Å². The van der Waals surface area contributed by atoms with Crippen LogP contribution in [0.3, 0.4) is 0 Å². The van der Waals surface area contributed by atoms with E-state index in [1.54, 1.807) is 6.07 Å². The summed E-state index contributed by atoms with van der Waals surface area (Å²) in [6.45, 7) is 2.82. The molecule has 0 aliphatic carbocycles. The van der Waals surface area contributed by atoms with Crippen LogP contribution in [-0.2, 0) is 23.9 Å². The fraction of sp³-hybridized carbons (Fsp3) is 0.226. The van der Waals surface area contributed by atoms with Crippen molar-refractivity contribution in [3.05, 3.63) is 99.0 Å². The van der Waals surface area contributed by atoms with Gasteiger partial charge in [-0.3, -0.25) is 28.9 Å². The first-order valence-corrected chi connectivity index (χ1v) is 14.7. The first-order chi connectivity index (χ1) is 21.4. The number of thioether (sulfide) groups is 1. The summed E-state index contributed by atoms with van der Waals surface area (Å²) in [7, 11) is 0. The number of hydrogen-bond acceptors (Lipinski definition) is 9. The number of hydrogen-bond donors (Lipinski definition) is 5. The number of carbonyl (C=O) groups is 5. The van der Waals surface area contributed by atoms with Gasteiger partial charge < -0.3 is 30.6 Å². The van der Waals surface area contributed by atoms with Crippen LogP contribution in [0.15, 0.2) is 76.7 Å². The smallest absolute Gasteiger partial charge is 0.352 e. The Kier molecular flexibility index (Phi) is 8.77. The number of amides is 3. The number of aromatic amines is 1. The third-order valence-corrected chi connectivity index (χ3v) is 8.62. The van der Waals surface area contributed by atoms with Crippen molar-refractivity contribution in [1.29, 1.82) is 0 Å². The summed E-state index contributed by atoms with van der Waals surface area (Å²) in [4.78, 5) is 79.9. The number of β-lactam (4-membered cyclic amide) rings is 1. The number of phenolic OH excluding ortho intramolecular Hbond substituents is 1. The number of ether oxygens (including phenoxy) is 1. The minimum absolute atomic E-state index is 0.0895. The monoisotopic (exact) mass is 632 g/mol. The largest absolute Gasteiger partial charge is 0.508 e. The molecule has 1 unspecified atom stereocenters. The first-order valence-electron chi connectivity index (χ1n) is 13.7. The Bertz CT molecular complexity index is 1780. The SMILES string of the molecule is CC(=O)OCC1=C(C(=O)O)N2C(=O)C(NC(=O)[C@H](NC(=O)c3ccc(-c4ccc(C)cc4)[nH]c3=O)c3ccc(O)cc3)[C@H]2SC1. The van der Waals surface area contributed by atoms with Gasteiger partial charge >= 0.3 is 11.9 Å². The van der Waals surface area contributed by atoms with E-state index in [0.717, 1.165) is 16.0 Å². The van der Waals surface area contributed by atoms with Gasteiger partial charge in [-0.25, -0.2) is 4.79 Å². The molecule has 5 N–H and O–H groups in total. The van der Waals surface area contributed by atoms with Crippen LogP contribution >= 0.6 is 11.8 Å². The fourth-order valence-electron chi connectivity index (χ4n) is 4.95. The highest BCUT2D eigenvalue weighted by atomic mass is 32.2. The highest BCUT2D eigenvalue weighted by Crippen LogP contribution is 2.40. The lowest BCUT2D eigenvalue weighted by Gasteiger charge is -2.49. The number of rotatable bonds is 9. The Morgan fingerprint density at radius 2 is 1.73 bits per heavy atom. The number of esters is 1. The number of fused-ring (bicyclic) bond motifs is 1. The van der Waals surface area contributed by atoms with Gasteiger partial charge in [-0.1, -0.05) is 42.0 Å². The molecule has 3 aromatic rings. The number of nitrogens with one attached hydrogen (secondary N) is 3. The first kappa shape index (κ1) is 31.1. The topological polar surface area (TPSA) is 195 Å². The summed E-state index contributed by atoms with van der Waals surface area (Å²) in [5.74, 6) is -4.30. The summed E-state index contributed by atoms with van der Waals surface area (Å²) in [6.07, 6.45) is 0. The number of carboxylic acids is 1. The Morgan fingerprint density at radius 3 is 2.36 bits per heavy atom. The molecule has 14 heteroatoms. The number of phenols is 1. The molecule has 1 fully saturated rings. The molecular formula is C31H28N4O9S. The van der Waals surface area contributed by atoms with E-state index in [1.807, 2.05) is 31.2 Å². The van der Waals surface area contributed by atoms with Crippen molar-refractivity contribution in [2.45, 2.75) is 31.3 Å². The van der Waals surface area contributed by atoms with E-state index < -0.39 is 52.7 Å². The molecule has 2 aliphatic rings. The zero-order valence-electron chi connectivity index (χ0n) is 24.0. The molecule has 1 aromatic heterocycles. The molecule has 0 spiro atoms. The quantitative estimate of drug-likeness (QED) is 0.172. The predicted octanol–water partition coefficient (Wildman–Crippen LogP) is 1.83. The maximum absolute atomic E-state index is 13.6. The molecule has 3 heterocycles. The normalized spacial score (nSPS) is 17.9. The van der Waals surface area contributed by atoms with E-state index in [-0.39, 0.29) is 40.5 Å². The van der Waals surface area contributed by atoms with Crippen LogP contribution in [0, 0.1) is 6.92 Å². The van der Waals surface area contributed by atoms with Crippen molar-refractivity contribution >= 4 is 41.4 Å². The molecule has 0 bridgehead atoms. The van der Waals surface area contributed by atoms with Crippen molar-refractivity contribution in [2.75, 3.05) is 12.4 Å². The summed E-state index contributed by atoms with van der Waals surface area (Å²) >= 11 is 1.18. The molecule has 13 nitrogen and oxygen atoms in total. The molecular weight excluding hydrogens is 604 g/mol. The number of nitrogens with zero attached hydrogens (tertiary/aromatic N) is 1. The van der Waals surface area contributed by atoms with Gasteiger partial charge in [0.25, 0.3) is 17.4 Å². The number of aromatic nitrogens is 1. The van der Waals surface area contributed by atoms with Crippen molar-refractivity contribution in [1.82, 2.24) is 20.5 Å². The van der Waals surface area contributed by atoms with E-state index in [1.165, 1.54) is 49.0 Å². The van der Waals surface area contributed by atoms with Gasteiger partial charge in [-0.2, -0.15) is 0 Å². The van der Waals surface area contributed by atoms with Crippen LogP contribution in [0.2, 0.25) is 0 Å². The zero-order valence-corrected chi connectivity index (χ0v) is 24.8. The van der Waals surface area contributed by atoms with Crippen molar-refractivity contribution in [3.8, 4) is 17.0 Å². The Hall–Kier alpha value is -5.37. The number of carbonyl (C=O) groups excluding carboxylic acids is 4. The van der Waals surface area contributed by atoms with Crippen LogP contribution < -0.4 is 16.2 Å². The molecule has 3 atom stereocenters. The number of H-pyrrole nitrogens is 1. The van der Waals surface area contributed by atoms with E-state index >= 15 is 0 Å². The average Bonchev–Trinajstić information content (AvgIpc) is 3.01. The molecule has 1 saturated heterocycles. The van der Waals surface area contributed by atoms with Crippen LogP contribution in [0.5, 0.6) is 5.75 Å². The highest BCUT2D eigenvalue weighted by molar-refractivity contribution is 8.00. The van der Waals surface area contributed by atoms with E-state index in [0.29, 0.717) is 5.69 Å². The molecule has 0 radical (unpaired) electrons. The highest BCUT2D eigenvalue weighted by Gasteiger charge is 2.54. The summed E-state index contributed by atoms with van der Waals surface area (Å²) in [5, 5.41) is 23.9. The number of benzene rings is 2. The second-order valence-electron chi connectivity index (χ2n) is 10.4. The lowest BCUT2D eigenvalue weighted by atomic mass is 10.0. The minimum Gasteiger partial charge on any atom is -0.508 e. The Morgan fingerprint density at radius 1 is 1.04 bits per heavy atom. The lowest BCUT2D eigenvalue weighted by Crippen LogP contribution is -2.71. The van der Waals surface area contributed by atoms with Crippen LogP contribution in [0.25, 0.3) is 11.3 Å². The average molecular weight is 633 g/mol. The van der Waals surface area contributed by atoms with Crippen LogP contribution in [-0.4, -0.2) is 73.5 Å². The summed E-state index contributed by atoms with van der Waals surface area (Å²) < 4.78 is 4.94. The second kappa shape index (κ2) is 12.7. The zero-order chi connectivity index (χ0) is 32.4. The number of carboxylic acid groups (broad SMARTS) is 1. The van der Waals surface area contributed by atoms with Gasteiger partial charge in [-0.15, -0.1) is 11.8 Å². The second-order valence-corrected chi connectivity index (χ2v) is 11.5. The van der Waals surface area contributed by atoms with Gasteiger partial charge in [0, 0.05) is 23.9 Å². The van der Waals surface area contributed by atoms with Crippen molar-refractivity contribution < 1.29 is 38.9 Å². The van der Waals surface area contributed by atoms with E-state index in [4.69, 9.17) is 4.74 Å². The third-order valence-electron chi connectivity index (χ3n) is 7.28. The summed E-state index contributed by atoms with van der Waals surface area (Å²) in [6, 6.07) is 13.3. The molecule has 2 aliphatic heterocycles. The molecule has 5 rings (SSSR count). The van der Waals surface area contributed by atoms with Gasteiger partial charge in [0.15, 0.2) is 0 Å². The lowest BCUT2D eigenvalue weighted by molar-refractivity contribution is -0.151. The van der Waals surface area contributed by atoms with E-state index in [9.17, 15) is 39.0 Å². The number of aryl methyl sites for hydroxylation is 1. The number of aliphatic carboxylic acids is 1. The minimum atomic E-state index is -1.39. The molecule has 2 aromatic carbocycles. The predicted molar refractivity (Wildman–Crippen MR) is 162 cm³/mol. The summed E-state index contributed by atoms with van der Waals surface area (Å²) in [5.41, 5.74) is 1.51. The van der Waals surface area contributed by atoms with Gasteiger partial charge in [0.2, 0.25) is 5.91 Å². The van der Waals surface area contributed by atoms with E-state index in [2.05, 4.69) is 15.6 Å². The maximum atomic E-state index is 13.6. The Labute approximate surface area is 260 Å². The third kappa shape index (κ3) is 6.45. The maximum Gasteiger partial charge on any atom is 0.352 e. The molecule has 0 saturated carbocycles. The van der Waals surface area contributed by atoms with Gasteiger partial charge in [0.1, 0.15) is 41.1 Å². The Balaban J connectivity index is 1.36. The number of aromatic hydroxyl groups is 1. The van der Waals surface area contributed by atoms with Gasteiger partial charge in [0.05, 0.1) is 0 Å². The molecule has 45 heavy (non-hydrogen) atoms.